The van der Waals surface area contributed by atoms with Crippen molar-refractivity contribution in [1.82, 2.24) is 15.0 Å². The van der Waals surface area contributed by atoms with Gasteiger partial charge >= 0.3 is 0 Å². The van der Waals surface area contributed by atoms with Crippen LogP contribution in [0.2, 0.25) is 0 Å². The van der Waals surface area contributed by atoms with Crippen molar-refractivity contribution in [2.45, 2.75) is 38.8 Å². The molecule has 0 amide bonds. The largest absolute Gasteiger partial charge is 0.322 e. The molecule has 1 atom stereocenters. The van der Waals surface area contributed by atoms with E-state index < -0.39 is 0 Å². The summed E-state index contributed by atoms with van der Waals surface area (Å²) in [4.78, 5) is 0. The van der Waals surface area contributed by atoms with Crippen LogP contribution in [0.5, 0.6) is 0 Å². The van der Waals surface area contributed by atoms with Gasteiger partial charge in [0.15, 0.2) is 0 Å². The van der Waals surface area contributed by atoms with E-state index in [4.69, 9.17) is 5.73 Å². The number of aromatic nitrogens is 3. The maximum Gasteiger partial charge on any atom is 0.0757 e. The van der Waals surface area contributed by atoms with Crippen LogP contribution in [0.15, 0.2) is 6.20 Å². The predicted octanol–water partition coefficient (Wildman–Crippen LogP) is 1.10. The van der Waals surface area contributed by atoms with Gasteiger partial charge in [-0.2, -0.15) is 0 Å². The van der Waals surface area contributed by atoms with Gasteiger partial charge < -0.3 is 5.73 Å². The molecule has 1 aliphatic carbocycles. The van der Waals surface area contributed by atoms with Gasteiger partial charge in [-0.3, -0.25) is 0 Å². The zero-order valence-corrected chi connectivity index (χ0v) is 7.98. The maximum absolute atomic E-state index is 6.07. The number of hydrogen-bond acceptors (Lipinski definition) is 3. The maximum atomic E-state index is 6.07. The lowest BCUT2D eigenvalue weighted by Crippen LogP contribution is -2.18. The van der Waals surface area contributed by atoms with Gasteiger partial charge in [0, 0.05) is 6.54 Å². The van der Waals surface area contributed by atoms with E-state index >= 15 is 0 Å². The molecule has 1 aromatic heterocycles. The lowest BCUT2D eigenvalue weighted by Gasteiger charge is -2.11. The molecule has 1 unspecified atom stereocenters. The molecule has 0 bridgehead atoms. The second-order valence-corrected chi connectivity index (χ2v) is 3.75. The molecule has 1 saturated carbocycles. The molecule has 2 rings (SSSR count). The summed E-state index contributed by atoms with van der Waals surface area (Å²) in [6.45, 7) is 3.06. The number of nitrogens with zero attached hydrogens (tertiary/aromatic N) is 3. The van der Waals surface area contributed by atoms with Gasteiger partial charge in [0.25, 0.3) is 0 Å². The van der Waals surface area contributed by atoms with Crippen molar-refractivity contribution in [3.05, 3.63) is 11.9 Å². The first-order valence-electron chi connectivity index (χ1n) is 4.97. The van der Waals surface area contributed by atoms with Crippen LogP contribution in [0.3, 0.4) is 0 Å². The number of rotatable bonds is 4. The van der Waals surface area contributed by atoms with E-state index in [9.17, 15) is 0 Å². The number of aryl methyl sites for hydroxylation is 1. The SMILES string of the molecule is CCCn1nncc1C(N)C1CC1. The second kappa shape index (κ2) is 3.46. The highest BCUT2D eigenvalue weighted by Gasteiger charge is 2.31. The Morgan fingerprint density at radius 1 is 1.69 bits per heavy atom. The Balaban J connectivity index is 2.12. The highest BCUT2D eigenvalue weighted by Crippen LogP contribution is 2.38. The zero-order chi connectivity index (χ0) is 9.26. The summed E-state index contributed by atoms with van der Waals surface area (Å²) in [5, 5.41) is 7.93. The van der Waals surface area contributed by atoms with E-state index in [-0.39, 0.29) is 6.04 Å². The van der Waals surface area contributed by atoms with Gasteiger partial charge in [-0.25, -0.2) is 4.68 Å². The molecule has 72 valence electrons. The van der Waals surface area contributed by atoms with Gasteiger partial charge in [0.05, 0.1) is 17.9 Å². The van der Waals surface area contributed by atoms with E-state index in [0.29, 0.717) is 5.92 Å². The van der Waals surface area contributed by atoms with Gasteiger partial charge in [-0.05, 0) is 25.2 Å². The second-order valence-electron chi connectivity index (χ2n) is 3.75. The average molecular weight is 180 g/mol. The van der Waals surface area contributed by atoms with E-state index in [1.165, 1.54) is 12.8 Å². The molecule has 13 heavy (non-hydrogen) atoms. The predicted molar refractivity (Wildman–Crippen MR) is 50.0 cm³/mol. The third kappa shape index (κ3) is 1.72. The van der Waals surface area contributed by atoms with E-state index in [1.807, 2.05) is 4.68 Å². The molecule has 1 aliphatic rings. The third-order valence-corrected chi connectivity index (χ3v) is 2.55. The molecule has 0 radical (unpaired) electrons. The van der Waals surface area contributed by atoms with Crippen molar-refractivity contribution in [3.63, 3.8) is 0 Å². The van der Waals surface area contributed by atoms with E-state index in [2.05, 4.69) is 17.2 Å². The first-order valence-corrected chi connectivity index (χ1v) is 4.97. The minimum absolute atomic E-state index is 0.154. The molecule has 2 N–H and O–H groups in total. The van der Waals surface area contributed by atoms with E-state index in [0.717, 1.165) is 18.7 Å². The minimum atomic E-state index is 0.154. The van der Waals surface area contributed by atoms with Gasteiger partial charge in [-0.1, -0.05) is 12.1 Å². The normalized spacial score (nSPS) is 18.9. The fourth-order valence-corrected chi connectivity index (χ4v) is 1.61. The van der Waals surface area contributed by atoms with Gasteiger partial charge in [0.1, 0.15) is 0 Å². The Labute approximate surface area is 78.1 Å². The Morgan fingerprint density at radius 3 is 3.08 bits per heavy atom. The minimum Gasteiger partial charge on any atom is -0.322 e. The van der Waals surface area contributed by atoms with Crippen molar-refractivity contribution in [3.8, 4) is 0 Å². The highest BCUT2D eigenvalue weighted by molar-refractivity contribution is 5.06. The molecule has 4 nitrogen and oxygen atoms in total. The number of hydrogen-bond donors (Lipinski definition) is 1. The van der Waals surface area contributed by atoms with Gasteiger partial charge in [0.2, 0.25) is 0 Å². The van der Waals surface area contributed by atoms with E-state index in [1.54, 1.807) is 6.20 Å². The monoisotopic (exact) mass is 180 g/mol. The van der Waals surface area contributed by atoms with Crippen LogP contribution in [0, 0.1) is 5.92 Å². The Bertz CT molecular complexity index is 277. The summed E-state index contributed by atoms with van der Waals surface area (Å²) in [6.07, 6.45) is 5.41. The topological polar surface area (TPSA) is 56.7 Å². The fourth-order valence-electron chi connectivity index (χ4n) is 1.61. The summed E-state index contributed by atoms with van der Waals surface area (Å²) >= 11 is 0. The van der Waals surface area contributed by atoms with Crippen molar-refractivity contribution < 1.29 is 0 Å². The van der Waals surface area contributed by atoms with Crippen molar-refractivity contribution in [2.24, 2.45) is 11.7 Å². The molecule has 1 aromatic rings. The van der Waals surface area contributed by atoms with Crippen LogP contribution in [-0.4, -0.2) is 15.0 Å². The fraction of sp³-hybridized carbons (Fsp3) is 0.778. The highest BCUT2D eigenvalue weighted by atomic mass is 15.4. The molecule has 0 spiro atoms. The smallest absolute Gasteiger partial charge is 0.0757 e. The molecule has 0 saturated heterocycles. The van der Waals surface area contributed by atoms with Crippen LogP contribution < -0.4 is 5.73 Å². The molecular formula is C9H16N4. The molecule has 1 heterocycles. The molecule has 0 aliphatic heterocycles. The Morgan fingerprint density at radius 2 is 2.46 bits per heavy atom. The lowest BCUT2D eigenvalue weighted by molar-refractivity contribution is 0.505. The first-order chi connectivity index (χ1) is 6.33. The summed E-state index contributed by atoms with van der Waals surface area (Å²) in [6, 6.07) is 0.154. The number of nitrogens with two attached hydrogens (primary N) is 1. The van der Waals surface area contributed by atoms with Crippen LogP contribution in [-0.2, 0) is 6.54 Å². The zero-order valence-electron chi connectivity index (χ0n) is 7.98. The van der Waals surface area contributed by atoms with Crippen LogP contribution in [0.4, 0.5) is 0 Å². The van der Waals surface area contributed by atoms with Crippen LogP contribution in [0.1, 0.15) is 37.9 Å². The lowest BCUT2D eigenvalue weighted by atomic mass is 10.1. The summed E-state index contributed by atoms with van der Waals surface area (Å²) in [5.41, 5.74) is 7.18. The quantitative estimate of drug-likeness (QED) is 0.754. The Kier molecular flexibility index (Phi) is 2.31. The molecule has 1 fully saturated rings. The molecule has 4 heteroatoms. The van der Waals surface area contributed by atoms with Crippen LogP contribution >= 0.6 is 0 Å². The van der Waals surface area contributed by atoms with Gasteiger partial charge in [-0.15, -0.1) is 5.10 Å². The van der Waals surface area contributed by atoms with Crippen molar-refractivity contribution >= 4 is 0 Å². The average Bonchev–Trinajstić information content (AvgIpc) is 2.87. The van der Waals surface area contributed by atoms with Crippen molar-refractivity contribution in [1.29, 1.82) is 0 Å². The summed E-state index contributed by atoms with van der Waals surface area (Å²) in [7, 11) is 0. The third-order valence-electron chi connectivity index (χ3n) is 2.55. The summed E-state index contributed by atoms with van der Waals surface area (Å²) in [5.74, 6) is 0.675. The molecule has 0 aromatic carbocycles. The Hall–Kier alpha value is -0.900. The summed E-state index contributed by atoms with van der Waals surface area (Å²) < 4.78 is 1.93. The van der Waals surface area contributed by atoms with Crippen molar-refractivity contribution in [2.75, 3.05) is 0 Å². The van der Waals surface area contributed by atoms with Crippen LogP contribution in [0.25, 0.3) is 0 Å². The standard InChI is InChI=1S/C9H16N4/c1-2-5-13-8(6-11-12-13)9(10)7-3-4-7/h6-7,9H,2-5,10H2,1H3. The first kappa shape index (κ1) is 8.69. The molecular weight excluding hydrogens is 164 g/mol.